The first-order valence-electron chi connectivity index (χ1n) is 4.82. The quantitative estimate of drug-likeness (QED) is 0.256. The van der Waals surface area contributed by atoms with Gasteiger partial charge in [-0.3, -0.25) is 11.3 Å². The van der Waals surface area contributed by atoms with Gasteiger partial charge in [0.1, 0.15) is 0 Å². The molecule has 76 valence electrons. The Morgan fingerprint density at radius 1 is 1.62 bits per heavy atom. The summed E-state index contributed by atoms with van der Waals surface area (Å²) in [5, 5.41) is 0. The summed E-state index contributed by atoms with van der Waals surface area (Å²) in [6.07, 6.45) is 8.98. The van der Waals surface area contributed by atoms with E-state index in [-0.39, 0.29) is 6.04 Å². The van der Waals surface area contributed by atoms with Crippen LogP contribution in [-0.4, -0.2) is 19.3 Å². The van der Waals surface area contributed by atoms with E-state index in [0.717, 1.165) is 32.3 Å². The monoisotopic (exact) mass is 184 g/mol. The number of rotatable bonds is 8. The summed E-state index contributed by atoms with van der Waals surface area (Å²) >= 11 is 0. The van der Waals surface area contributed by atoms with Crippen molar-refractivity contribution in [3.8, 4) is 12.3 Å². The van der Waals surface area contributed by atoms with Crippen LogP contribution in [0.4, 0.5) is 0 Å². The smallest absolute Gasteiger partial charge is 0.0633 e. The van der Waals surface area contributed by atoms with E-state index in [4.69, 9.17) is 17.0 Å². The molecule has 0 aliphatic carbocycles. The Kier molecular flexibility index (Phi) is 9.12. The van der Waals surface area contributed by atoms with Crippen molar-refractivity contribution in [2.75, 3.05) is 13.2 Å². The van der Waals surface area contributed by atoms with Gasteiger partial charge in [-0.2, -0.15) is 0 Å². The highest BCUT2D eigenvalue weighted by molar-refractivity contribution is 4.83. The normalized spacial score (nSPS) is 12.4. The van der Waals surface area contributed by atoms with E-state index in [1.807, 2.05) is 0 Å². The maximum Gasteiger partial charge on any atom is 0.0633 e. The summed E-state index contributed by atoms with van der Waals surface area (Å²) < 4.78 is 5.37. The highest BCUT2D eigenvalue weighted by atomic mass is 16.5. The van der Waals surface area contributed by atoms with Crippen LogP contribution in [0.5, 0.6) is 0 Å². The summed E-state index contributed by atoms with van der Waals surface area (Å²) in [4.78, 5) is 0. The Morgan fingerprint density at radius 2 is 2.38 bits per heavy atom. The molecule has 1 unspecified atom stereocenters. The van der Waals surface area contributed by atoms with Gasteiger partial charge in [-0.15, -0.1) is 12.3 Å². The third-order valence-electron chi connectivity index (χ3n) is 1.78. The lowest BCUT2D eigenvalue weighted by Crippen LogP contribution is -2.38. The van der Waals surface area contributed by atoms with Gasteiger partial charge in [0.25, 0.3) is 0 Å². The molecule has 0 bridgehead atoms. The predicted octanol–water partition coefficient (Wildman–Crippen LogP) is 1.05. The Morgan fingerprint density at radius 3 is 2.92 bits per heavy atom. The molecular formula is C10H20N2O. The third kappa shape index (κ3) is 7.79. The molecule has 3 heteroatoms. The molecule has 0 aliphatic heterocycles. The molecule has 0 amide bonds. The zero-order valence-electron chi connectivity index (χ0n) is 8.38. The molecule has 0 spiro atoms. The van der Waals surface area contributed by atoms with Crippen molar-refractivity contribution in [3.63, 3.8) is 0 Å². The molecule has 0 fully saturated rings. The number of nitrogens with one attached hydrogen (secondary N) is 1. The number of hydrogen-bond acceptors (Lipinski definition) is 3. The molecule has 0 saturated heterocycles. The first-order chi connectivity index (χ1) is 6.35. The molecule has 3 nitrogen and oxygen atoms in total. The molecule has 3 N–H and O–H groups in total. The average Bonchev–Trinajstić information content (AvgIpc) is 2.16. The van der Waals surface area contributed by atoms with Crippen LogP contribution < -0.4 is 11.3 Å². The molecule has 0 radical (unpaired) electrons. The number of terminal acetylenes is 1. The van der Waals surface area contributed by atoms with E-state index >= 15 is 0 Å². The number of nitrogens with two attached hydrogens (primary N) is 1. The maximum absolute atomic E-state index is 5.37. The fourth-order valence-electron chi connectivity index (χ4n) is 1.04. The lowest BCUT2D eigenvalue weighted by molar-refractivity contribution is 0.109. The van der Waals surface area contributed by atoms with Gasteiger partial charge in [-0.25, -0.2) is 0 Å². The van der Waals surface area contributed by atoms with Crippen molar-refractivity contribution in [3.05, 3.63) is 0 Å². The van der Waals surface area contributed by atoms with Crippen molar-refractivity contribution in [1.29, 1.82) is 0 Å². The number of ether oxygens (including phenoxy) is 1. The molecule has 0 aromatic rings. The van der Waals surface area contributed by atoms with E-state index in [1.165, 1.54) is 0 Å². The molecule has 0 aromatic carbocycles. The van der Waals surface area contributed by atoms with Gasteiger partial charge in [0, 0.05) is 19.1 Å². The first-order valence-corrected chi connectivity index (χ1v) is 4.82. The molecule has 0 aliphatic rings. The van der Waals surface area contributed by atoms with Crippen LogP contribution >= 0.6 is 0 Å². The zero-order valence-corrected chi connectivity index (χ0v) is 8.38. The Bertz CT molecular complexity index is 142. The second kappa shape index (κ2) is 9.53. The van der Waals surface area contributed by atoms with Crippen molar-refractivity contribution in [2.45, 2.75) is 38.6 Å². The summed E-state index contributed by atoms with van der Waals surface area (Å²) in [6, 6.07) is 0.236. The Labute approximate surface area is 81.0 Å². The summed E-state index contributed by atoms with van der Waals surface area (Å²) in [7, 11) is 0. The zero-order chi connectivity index (χ0) is 9.94. The number of hydrogen-bond donors (Lipinski definition) is 2. The second-order valence-electron chi connectivity index (χ2n) is 3.03. The van der Waals surface area contributed by atoms with Gasteiger partial charge < -0.3 is 4.74 Å². The van der Waals surface area contributed by atoms with Crippen molar-refractivity contribution in [2.24, 2.45) is 5.84 Å². The van der Waals surface area contributed by atoms with Gasteiger partial charge in [-0.1, -0.05) is 6.92 Å². The molecule has 1 atom stereocenters. The van der Waals surface area contributed by atoms with Crippen molar-refractivity contribution in [1.82, 2.24) is 5.43 Å². The molecule has 0 heterocycles. The van der Waals surface area contributed by atoms with Crippen LogP contribution in [0.1, 0.15) is 32.6 Å². The minimum Gasteiger partial charge on any atom is -0.380 e. The maximum atomic E-state index is 5.37. The Hall–Kier alpha value is -0.560. The average molecular weight is 184 g/mol. The molecule has 0 aromatic heterocycles. The van der Waals surface area contributed by atoms with Gasteiger partial charge in [0.15, 0.2) is 0 Å². The highest BCUT2D eigenvalue weighted by Gasteiger charge is 2.04. The van der Waals surface area contributed by atoms with Gasteiger partial charge in [-0.05, 0) is 19.3 Å². The molecular weight excluding hydrogens is 164 g/mol. The number of unbranched alkanes of at least 4 members (excludes halogenated alkanes) is 1. The molecule has 13 heavy (non-hydrogen) atoms. The minimum atomic E-state index is 0.236. The topological polar surface area (TPSA) is 47.3 Å². The summed E-state index contributed by atoms with van der Waals surface area (Å²) in [5.41, 5.74) is 2.73. The van der Waals surface area contributed by atoms with E-state index in [1.54, 1.807) is 0 Å². The largest absolute Gasteiger partial charge is 0.380 e. The van der Waals surface area contributed by atoms with E-state index < -0.39 is 0 Å². The fourth-order valence-corrected chi connectivity index (χ4v) is 1.04. The number of hydrazine groups is 1. The first kappa shape index (κ1) is 12.4. The van der Waals surface area contributed by atoms with Gasteiger partial charge >= 0.3 is 0 Å². The second-order valence-corrected chi connectivity index (χ2v) is 3.03. The highest BCUT2D eigenvalue weighted by Crippen LogP contribution is 2.00. The Balaban J connectivity index is 3.35. The van der Waals surface area contributed by atoms with Crippen LogP contribution in [0.3, 0.4) is 0 Å². The van der Waals surface area contributed by atoms with E-state index in [2.05, 4.69) is 18.3 Å². The molecule has 0 saturated carbocycles. The standard InChI is InChI=1S/C10H20N2O/c1-3-5-6-7-10(12-11)9-13-8-4-2/h1,10,12H,4-9,11H2,2H3. The van der Waals surface area contributed by atoms with Crippen LogP contribution in [-0.2, 0) is 4.74 Å². The van der Waals surface area contributed by atoms with E-state index in [0.29, 0.717) is 6.61 Å². The summed E-state index contributed by atoms with van der Waals surface area (Å²) in [5.74, 6) is 7.96. The van der Waals surface area contributed by atoms with Crippen LogP contribution in [0.2, 0.25) is 0 Å². The van der Waals surface area contributed by atoms with Crippen molar-refractivity contribution >= 4 is 0 Å². The van der Waals surface area contributed by atoms with Crippen LogP contribution in [0.15, 0.2) is 0 Å². The van der Waals surface area contributed by atoms with Crippen molar-refractivity contribution < 1.29 is 4.74 Å². The van der Waals surface area contributed by atoms with E-state index in [9.17, 15) is 0 Å². The van der Waals surface area contributed by atoms with Crippen LogP contribution in [0, 0.1) is 12.3 Å². The lowest BCUT2D eigenvalue weighted by Gasteiger charge is -2.14. The predicted molar refractivity (Wildman–Crippen MR) is 54.9 cm³/mol. The van der Waals surface area contributed by atoms with Gasteiger partial charge in [0.2, 0.25) is 0 Å². The minimum absolute atomic E-state index is 0.236. The van der Waals surface area contributed by atoms with Crippen LogP contribution in [0.25, 0.3) is 0 Å². The fraction of sp³-hybridized carbons (Fsp3) is 0.800. The lowest BCUT2D eigenvalue weighted by atomic mass is 10.1. The molecule has 0 rings (SSSR count). The van der Waals surface area contributed by atoms with Gasteiger partial charge in [0.05, 0.1) is 6.61 Å². The SMILES string of the molecule is C#CCCCC(COCCC)NN. The summed E-state index contributed by atoms with van der Waals surface area (Å²) in [6.45, 7) is 3.56. The third-order valence-corrected chi connectivity index (χ3v) is 1.78.